The summed E-state index contributed by atoms with van der Waals surface area (Å²) in [5.74, 6) is -0.429. The van der Waals surface area contributed by atoms with Crippen LogP contribution in [0.5, 0.6) is 0 Å². The second-order valence-corrected chi connectivity index (χ2v) is 8.01. The Balaban J connectivity index is 1.71. The van der Waals surface area contributed by atoms with Gasteiger partial charge in [0.25, 0.3) is 0 Å². The van der Waals surface area contributed by atoms with Gasteiger partial charge in [-0.3, -0.25) is 4.79 Å². The molecular formula is C27H29N5O4. The summed E-state index contributed by atoms with van der Waals surface area (Å²) in [5.41, 5.74) is 9.86. The van der Waals surface area contributed by atoms with Gasteiger partial charge in [0.05, 0.1) is 6.04 Å². The Kier molecular flexibility index (Phi) is 10.0. The third-order valence-electron chi connectivity index (χ3n) is 5.16. The molecule has 3 aromatic rings. The molecule has 36 heavy (non-hydrogen) atoms. The first-order valence-electron chi connectivity index (χ1n) is 11.4. The first kappa shape index (κ1) is 26.0. The van der Waals surface area contributed by atoms with E-state index in [9.17, 15) is 14.4 Å². The normalized spacial score (nSPS) is 12.3. The standard InChI is InChI=1S/C27H29N5O4/c28-26(34)32-29-18-23(16-20-10-4-1-5-11-20)30-25(33)24(17-21-12-6-2-7-13-21)31-27(35)36-19-22-14-8-3-9-15-22/h1-15,18,23-24H,16-17,19H2,(H,30,33)(H,31,35)(H3,28,32,34)/t23-,24-/m0/s1. The zero-order chi connectivity index (χ0) is 25.6. The van der Waals surface area contributed by atoms with Gasteiger partial charge < -0.3 is 21.1 Å². The number of carbonyl (C=O) groups is 3. The number of nitrogens with zero attached hydrogens (tertiary/aromatic N) is 1. The topological polar surface area (TPSA) is 135 Å². The van der Waals surface area contributed by atoms with Crippen molar-refractivity contribution in [1.82, 2.24) is 16.1 Å². The molecule has 0 saturated heterocycles. The van der Waals surface area contributed by atoms with Gasteiger partial charge >= 0.3 is 12.1 Å². The molecule has 0 aliphatic carbocycles. The molecule has 0 aliphatic rings. The fourth-order valence-corrected chi connectivity index (χ4v) is 3.45. The largest absolute Gasteiger partial charge is 0.445 e. The summed E-state index contributed by atoms with van der Waals surface area (Å²) in [7, 11) is 0. The molecule has 0 aliphatic heterocycles. The van der Waals surface area contributed by atoms with Crippen LogP contribution < -0.4 is 21.8 Å². The number of alkyl carbamates (subject to hydrolysis) is 1. The van der Waals surface area contributed by atoms with E-state index in [-0.39, 0.29) is 13.0 Å². The van der Waals surface area contributed by atoms with E-state index in [1.54, 1.807) is 0 Å². The summed E-state index contributed by atoms with van der Waals surface area (Å²) < 4.78 is 5.32. The molecule has 9 nitrogen and oxygen atoms in total. The fourth-order valence-electron chi connectivity index (χ4n) is 3.45. The minimum absolute atomic E-state index is 0.0778. The van der Waals surface area contributed by atoms with Crippen molar-refractivity contribution < 1.29 is 19.1 Å². The van der Waals surface area contributed by atoms with Crippen LogP contribution in [0, 0.1) is 0 Å². The number of ether oxygens (including phenoxy) is 1. The SMILES string of the molecule is NC(=O)NN=C[C@H](Cc1ccccc1)NC(=O)[C@H](Cc1ccccc1)NC(=O)OCc1ccccc1. The van der Waals surface area contributed by atoms with Crippen LogP contribution >= 0.6 is 0 Å². The lowest BCUT2D eigenvalue weighted by molar-refractivity contribution is -0.123. The molecule has 0 saturated carbocycles. The Morgan fingerprint density at radius 1 is 0.778 bits per heavy atom. The maximum absolute atomic E-state index is 13.3. The summed E-state index contributed by atoms with van der Waals surface area (Å²) >= 11 is 0. The molecule has 0 bridgehead atoms. The van der Waals surface area contributed by atoms with Crippen molar-refractivity contribution in [2.45, 2.75) is 31.5 Å². The third-order valence-corrected chi connectivity index (χ3v) is 5.16. The van der Waals surface area contributed by atoms with Crippen molar-refractivity contribution in [3.8, 4) is 0 Å². The molecule has 0 spiro atoms. The van der Waals surface area contributed by atoms with E-state index in [0.29, 0.717) is 6.42 Å². The third kappa shape index (κ3) is 9.30. The Morgan fingerprint density at radius 3 is 1.86 bits per heavy atom. The number of nitrogens with two attached hydrogens (primary N) is 1. The highest BCUT2D eigenvalue weighted by Crippen LogP contribution is 2.07. The van der Waals surface area contributed by atoms with Gasteiger partial charge in [-0.15, -0.1) is 0 Å². The number of benzene rings is 3. The van der Waals surface area contributed by atoms with Crippen molar-refractivity contribution in [3.63, 3.8) is 0 Å². The van der Waals surface area contributed by atoms with Gasteiger partial charge in [0.1, 0.15) is 12.6 Å². The Morgan fingerprint density at radius 2 is 1.31 bits per heavy atom. The molecule has 0 aromatic heterocycles. The lowest BCUT2D eigenvalue weighted by Gasteiger charge is -2.22. The molecule has 9 heteroatoms. The monoisotopic (exact) mass is 487 g/mol. The van der Waals surface area contributed by atoms with Crippen molar-refractivity contribution in [2.24, 2.45) is 10.8 Å². The molecule has 3 aromatic carbocycles. The van der Waals surface area contributed by atoms with Gasteiger partial charge in [-0.2, -0.15) is 5.10 Å². The number of hydrazone groups is 1. The maximum Gasteiger partial charge on any atom is 0.408 e. The van der Waals surface area contributed by atoms with Gasteiger partial charge in [0.15, 0.2) is 0 Å². The number of hydrogen-bond donors (Lipinski definition) is 4. The molecule has 186 valence electrons. The van der Waals surface area contributed by atoms with Gasteiger partial charge in [0.2, 0.25) is 5.91 Å². The lowest BCUT2D eigenvalue weighted by Crippen LogP contribution is -2.51. The first-order valence-corrected chi connectivity index (χ1v) is 11.4. The maximum atomic E-state index is 13.3. The minimum Gasteiger partial charge on any atom is -0.445 e. The van der Waals surface area contributed by atoms with E-state index < -0.39 is 30.1 Å². The second kappa shape index (κ2) is 13.9. The molecule has 0 heterocycles. The molecule has 3 rings (SSSR count). The average Bonchev–Trinajstić information content (AvgIpc) is 2.88. The smallest absolute Gasteiger partial charge is 0.408 e. The molecule has 0 fully saturated rings. The molecule has 0 radical (unpaired) electrons. The fraction of sp³-hybridized carbons (Fsp3) is 0.185. The molecule has 4 amide bonds. The quantitative estimate of drug-likeness (QED) is 0.244. The zero-order valence-electron chi connectivity index (χ0n) is 19.7. The van der Waals surface area contributed by atoms with Gasteiger partial charge in [-0.05, 0) is 23.1 Å². The van der Waals surface area contributed by atoms with Gasteiger partial charge in [0, 0.05) is 12.6 Å². The van der Waals surface area contributed by atoms with Crippen molar-refractivity contribution in [2.75, 3.05) is 0 Å². The lowest BCUT2D eigenvalue weighted by atomic mass is 10.0. The number of rotatable bonds is 11. The van der Waals surface area contributed by atoms with Crippen LogP contribution in [0.15, 0.2) is 96.1 Å². The van der Waals surface area contributed by atoms with E-state index in [2.05, 4.69) is 21.2 Å². The summed E-state index contributed by atoms with van der Waals surface area (Å²) in [5, 5.41) is 9.37. The number of amides is 4. The highest BCUT2D eigenvalue weighted by Gasteiger charge is 2.24. The van der Waals surface area contributed by atoms with Crippen LogP contribution in [0.1, 0.15) is 16.7 Å². The Bertz CT molecular complexity index is 1140. The van der Waals surface area contributed by atoms with Crippen molar-refractivity contribution >= 4 is 24.2 Å². The van der Waals surface area contributed by atoms with E-state index in [1.165, 1.54) is 6.21 Å². The second-order valence-electron chi connectivity index (χ2n) is 8.01. The highest BCUT2D eigenvalue weighted by molar-refractivity contribution is 5.88. The number of urea groups is 1. The summed E-state index contributed by atoms with van der Waals surface area (Å²) in [6.07, 6.45) is 1.34. The Labute approximate surface area is 209 Å². The van der Waals surface area contributed by atoms with Crippen LogP contribution in [-0.4, -0.2) is 36.3 Å². The molecule has 5 N–H and O–H groups in total. The predicted molar refractivity (Wildman–Crippen MR) is 137 cm³/mol. The van der Waals surface area contributed by atoms with E-state index in [4.69, 9.17) is 10.5 Å². The number of hydrogen-bond acceptors (Lipinski definition) is 5. The van der Waals surface area contributed by atoms with E-state index in [1.807, 2.05) is 91.0 Å². The summed E-state index contributed by atoms with van der Waals surface area (Å²) in [6.45, 7) is 0.0778. The van der Waals surface area contributed by atoms with Crippen LogP contribution in [-0.2, 0) is 29.0 Å². The number of nitrogens with one attached hydrogen (secondary N) is 3. The predicted octanol–water partition coefficient (Wildman–Crippen LogP) is 2.91. The van der Waals surface area contributed by atoms with E-state index >= 15 is 0 Å². The minimum atomic E-state index is -0.911. The van der Waals surface area contributed by atoms with Crippen molar-refractivity contribution in [1.29, 1.82) is 0 Å². The van der Waals surface area contributed by atoms with Crippen LogP contribution in [0.3, 0.4) is 0 Å². The molecule has 0 unspecified atom stereocenters. The van der Waals surface area contributed by atoms with Crippen LogP contribution in [0.2, 0.25) is 0 Å². The highest BCUT2D eigenvalue weighted by atomic mass is 16.5. The van der Waals surface area contributed by atoms with Crippen LogP contribution in [0.25, 0.3) is 0 Å². The summed E-state index contributed by atoms with van der Waals surface area (Å²) in [6, 6.07) is 25.8. The van der Waals surface area contributed by atoms with Gasteiger partial charge in [-0.25, -0.2) is 15.0 Å². The zero-order valence-corrected chi connectivity index (χ0v) is 19.7. The molecule has 2 atom stereocenters. The van der Waals surface area contributed by atoms with Gasteiger partial charge in [-0.1, -0.05) is 91.0 Å². The summed E-state index contributed by atoms with van der Waals surface area (Å²) in [4.78, 5) is 36.9. The number of primary amides is 1. The van der Waals surface area contributed by atoms with Crippen molar-refractivity contribution in [3.05, 3.63) is 108 Å². The van der Waals surface area contributed by atoms with E-state index in [0.717, 1.165) is 16.7 Å². The first-order chi connectivity index (χ1) is 17.5. The number of carbonyl (C=O) groups excluding carboxylic acids is 3. The Hall–Kier alpha value is -4.66. The molecular weight excluding hydrogens is 458 g/mol. The van der Waals surface area contributed by atoms with Crippen LogP contribution in [0.4, 0.5) is 9.59 Å². The average molecular weight is 488 g/mol.